The van der Waals surface area contributed by atoms with E-state index in [2.05, 4.69) is 10.6 Å². The predicted molar refractivity (Wildman–Crippen MR) is 121 cm³/mol. The molecular weight excluding hydrogens is 396 g/mol. The van der Waals surface area contributed by atoms with Gasteiger partial charge in [0.05, 0.1) is 17.3 Å². The van der Waals surface area contributed by atoms with Crippen LogP contribution in [0.1, 0.15) is 28.9 Å². The minimum Gasteiger partial charge on any atom is -0.484 e. The Morgan fingerprint density at radius 3 is 2.30 bits per heavy atom. The number of nitrogens with one attached hydrogen (secondary N) is 2. The van der Waals surface area contributed by atoms with Crippen molar-refractivity contribution in [2.75, 3.05) is 18.2 Å². The Hall–Kier alpha value is -3.25. The molecule has 2 N–H and O–H groups in total. The van der Waals surface area contributed by atoms with Crippen molar-refractivity contribution in [1.82, 2.24) is 5.32 Å². The van der Waals surface area contributed by atoms with Crippen molar-refractivity contribution >= 4 is 29.3 Å². The van der Waals surface area contributed by atoms with Crippen molar-refractivity contribution in [3.05, 3.63) is 90.0 Å². The van der Waals surface area contributed by atoms with Gasteiger partial charge in [0.1, 0.15) is 5.75 Å². The molecule has 0 fully saturated rings. The molecule has 0 aliphatic rings. The molecule has 30 heavy (non-hydrogen) atoms. The lowest BCUT2D eigenvalue weighted by Gasteiger charge is -2.16. The summed E-state index contributed by atoms with van der Waals surface area (Å²) in [6.07, 6.45) is 2.00. The monoisotopic (exact) mass is 420 g/mol. The fourth-order valence-corrected chi connectivity index (χ4v) is 3.30. The minimum absolute atomic E-state index is 0.144. The molecule has 0 bridgehead atoms. The third kappa shape index (κ3) is 5.87. The second-order valence-corrected chi connectivity index (χ2v) is 7.54. The van der Waals surface area contributed by atoms with Gasteiger partial charge in [0, 0.05) is 4.90 Å². The molecule has 5 nitrogen and oxygen atoms in total. The van der Waals surface area contributed by atoms with Crippen molar-refractivity contribution < 1.29 is 14.3 Å². The molecule has 0 heterocycles. The molecule has 1 atom stereocenters. The van der Waals surface area contributed by atoms with Gasteiger partial charge in [-0.05, 0) is 55.1 Å². The molecule has 0 saturated carbocycles. The number of hydrogen-bond acceptors (Lipinski definition) is 4. The summed E-state index contributed by atoms with van der Waals surface area (Å²) in [6, 6.07) is 24.0. The van der Waals surface area contributed by atoms with Crippen LogP contribution in [0.2, 0.25) is 0 Å². The van der Waals surface area contributed by atoms with Crippen molar-refractivity contribution in [3.8, 4) is 5.75 Å². The predicted octanol–water partition coefficient (Wildman–Crippen LogP) is 4.92. The molecule has 3 rings (SSSR count). The standard InChI is InChI=1S/C24H24N2O3S/c1-17(18-8-4-3-5-9-18)25-24(28)21-10-6-7-11-22(21)26-23(27)16-29-19-12-14-20(30-2)15-13-19/h3-15,17H,16H2,1-2H3,(H,25,28)(H,26,27)/t17-/m0/s1. The van der Waals surface area contributed by atoms with Gasteiger partial charge < -0.3 is 15.4 Å². The quantitative estimate of drug-likeness (QED) is 0.508. The molecule has 0 aliphatic carbocycles. The van der Waals surface area contributed by atoms with Crippen LogP contribution in [0.25, 0.3) is 0 Å². The zero-order valence-electron chi connectivity index (χ0n) is 16.9. The molecule has 0 aromatic heterocycles. The molecule has 3 aromatic rings. The third-order valence-corrected chi connectivity index (χ3v) is 5.27. The van der Waals surface area contributed by atoms with Crippen LogP contribution < -0.4 is 15.4 Å². The van der Waals surface area contributed by atoms with Crippen LogP contribution in [0.15, 0.2) is 83.8 Å². The SMILES string of the molecule is CSc1ccc(OCC(=O)Nc2ccccc2C(=O)N[C@@H](C)c2ccccc2)cc1. The molecule has 0 spiro atoms. The minimum atomic E-state index is -0.333. The van der Waals surface area contributed by atoms with Gasteiger partial charge in [-0.15, -0.1) is 11.8 Å². The Morgan fingerprint density at radius 2 is 1.60 bits per heavy atom. The van der Waals surface area contributed by atoms with Gasteiger partial charge >= 0.3 is 0 Å². The normalized spacial score (nSPS) is 11.4. The summed E-state index contributed by atoms with van der Waals surface area (Å²) in [5.41, 5.74) is 1.85. The van der Waals surface area contributed by atoms with E-state index in [4.69, 9.17) is 4.74 Å². The van der Waals surface area contributed by atoms with Crippen LogP contribution in [-0.2, 0) is 4.79 Å². The molecule has 0 radical (unpaired) electrons. The first-order valence-corrected chi connectivity index (χ1v) is 10.8. The van der Waals surface area contributed by atoms with Crippen molar-refractivity contribution in [2.45, 2.75) is 17.9 Å². The Balaban J connectivity index is 1.61. The summed E-state index contributed by atoms with van der Waals surface area (Å²) in [5, 5.41) is 5.74. The van der Waals surface area contributed by atoms with Gasteiger partial charge in [-0.25, -0.2) is 0 Å². The Labute approximate surface area is 180 Å². The number of rotatable bonds is 8. The van der Waals surface area contributed by atoms with E-state index in [1.165, 1.54) is 0 Å². The number of para-hydroxylation sites is 1. The van der Waals surface area contributed by atoms with Gasteiger partial charge in [0.2, 0.25) is 0 Å². The maximum Gasteiger partial charge on any atom is 0.262 e. The number of anilines is 1. The average Bonchev–Trinajstić information content (AvgIpc) is 2.79. The Kier molecular flexibility index (Phi) is 7.51. The highest BCUT2D eigenvalue weighted by molar-refractivity contribution is 7.98. The Morgan fingerprint density at radius 1 is 0.933 bits per heavy atom. The van der Waals surface area contributed by atoms with Crippen molar-refractivity contribution in [2.24, 2.45) is 0 Å². The second kappa shape index (κ2) is 10.5. The molecule has 0 aliphatic heterocycles. The molecular formula is C24H24N2O3S. The molecule has 3 aromatic carbocycles. The topological polar surface area (TPSA) is 67.4 Å². The fraction of sp³-hybridized carbons (Fsp3) is 0.167. The van der Waals surface area contributed by atoms with E-state index in [-0.39, 0.29) is 24.5 Å². The second-order valence-electron chi connectivity index (χ2n) is 6.66. The summed E-state index contributed by atoms with van der Waals surface area (Å²) in [4.78, 5) is 26.3. The number of ether oxygens (including phenoxy) is 1. The van der Waals surface area contributed by atoms with Crippen LogP contribution in [-0.4, -0.2) is 24.7 Å². The largest absolute Gasteiger partial charge is 0.484 e. The van der Waals surface area contributed by atoms with Crippen molar-refractivity contribution in [1.29, 1.82) is 0 Å². The molecule has 0 unspecified atom stereocenters. The maximum absolute atomic E-state index is 12.8. The van der Waals surface area contributed by atoms with Gasteiger partial charge in [0.25, 0.3) is 11.8 Å². The van der Waals surface area contributed by atoms with E-state index in [0.717, 1.165) is 10.5 Å². The van der Waals surface area contributed by atoms with Crippen LogP contribution in [0, 0.1) is 0 Å². The van der Waals surface area contributed by atoms with E-state index in [1.54, 1.807) is 36.0 Å². The first-order chi connectivity index (χ1) is 14.6. The van der Waals surface area contributed by atoms with Gasteiger partial charge in [-0.2, -0.15) is 0 Å². The lowest BCUT2D eigenvalue weighted by atomic mass is 10.1. The van der Waals surface area contributed by atoms with Crippen molar-refractivity contribution in [3.63, 3.8) is 0 Å². The lowest BCUT2D eigenvalue weighted by molar-refractivity contribution is -0.118. The summed E-state index contributed by atoms with van der Waals surface area (Å²) < 4.78 is 5.54. The third-order valence-electron chi connectivity index (χ3n) is 4.52. The summed E-state index contributed by atoms with van der Waals surface area (Å²) >= 11 is 1.64. The maximum atomic E-state index is 12.8. The van der Waals surface area contributed by atoms with Crippen LogP contribution in [0.4, 0.5) is 5.69 Å². The summed E-state index contributed by atoms with van der Waals surface area (Å²) in [7, 11) is 0. The zero-order chi connectivity index (χ0) is 21.3. The fourth-order valence-electron chi connectivity index (χ4n) is 2.90. The van der Waals surface area contributed by atoms with E-state index in [0.29, 0.717) is 17.0 Å². The highest BCUT2D eigenvalue weighted by atomic mass is 32.2. The zero-order valence-corrected chi connectivity index (χ0v) is 17.7. The summed E-state index contributed by atoms with van der Waals surface area (Å²) in [5.74, 6) is 0.0294. The van der Waals surface area contributed by atoms with Gasteiger partial charge in [-0.1, -0.05) is 42.5 Å². The number of hydrogen-bond donors (Lipinski definition) is 2. The molecule has 154 valence electrons. The summed E-state index contributed by atoms with van der Waals surface area (Å²) in [6.45, 7) is 1.78. The van der Waals surface area contributed by atoms with Gasteiger partial charge in [-0.3, -0.25) is 9.59 Å². The van der Waals surface area contributed by atoms with Gasteiger partial charge in [0.15, 0.2) is 6.61 Å². The van der Waals surface area contributed by atoms with E-state index in [1.807, 2.05) is 67.8 Å². The van der Waals surface area contributed by atoms with Crippen LogP contribution in [0.5, 0.6) is 5.75 Å². The highest BCUT2D eigenvalue weighted by Crippen LogP contribution is 2.20. The van der Waals surface area contributed by atoms with E-state index >= 15 is 0 Å². The average molecular weight is 421 g/mol. The van der Waals surface area contributed by atoms with E-state index < -0.39 is 0 Å². The smallest absolute Gasteiger partial charge is 0.262 e. The molecule has 0 saturated heterocycles. The number of benzene rings is 3. The van der Waals surface area contributed by atoms with E-state index in [9.17, 15) is 9.59 Å². The van der Waals surface area contributed by atoms with Crippen LogP contribution >= 0.6 is 11.8 Å². The number of amides is 2. The van der Waals surface area contributed by atoms with Crippen LogP contribution in [0.3, 0.4) is 0 Å². The molecule has 2 amide bonds. The number of thioether (sulfide) groups is 1. The highest BCUT2D eigenvalue weighted by Gasteiger charge is 2.16. The molecule has 6 heteroatoms. The Bertz CT molecular complexity index is 991. The lowest BCUT2D eigenvalue weighted by Crippen LogP contribution is -2.28. The first-order valence-electron chi connectivity index (χ1n) is 9.58. The first kappa shape index (κ1) is 21.5. The number of carbonyl (C=O) groups is 2. The number of carbonyl (C=O) groups excluding carboxylic acids is 2.